The van der Waals surface area contributed by atoms with Crippen LogP contribution >= 0.6 is 23.1 Å². The van der Waals surface area contributed by atoms with Gasteiger partial charge in [0.25, 0.3) is 0 Å². The maximum absolute atomic E-state index is 12.7. The lowest BCUT2D eigenvalue weighted by Crippen LogP contribution is -2.41. The second-order valence-electron chi connectivity index (χ2n) is 6.30. The fraction of sp³-hybridized carbons (Fsp3) is 0.412. The molecule has 1 N–H and O–H groups in total. The monoisotopic (exact) mass is 416 g/mol. The molecule has 3 aromatic heterocycles. The van der Waals surface area contributed by atoms with Gasteiger partial charge in [-0.1, -0.05) is 30.0 Å². The fourth-order valence-electron chi connectivity index (χ4n) is 3.07. The summed E-state index contributed by atoms with van der Waals surface area (Å²) in [6.07, 6.45) is 6.98. The minimum atomic E-state index is -0.116. The number of nitrogens with one attached hydrogen (secondary N) is 1. The van der Waals surface area contributed by atoms with E-state index in [0.717, 1.165) is 35.3 Å². The maximum Gasteiger partial charge on any atom is 0.231 e. The Bertz CT molecular complexity index is 912. The number of carbonyl (C=O) groups excluding carboxylic acids is 1. The normalized spacial score (nSPS) is 16.9. The van der Waals surface area contributed by atoms with Crippen LogP contribution in [0.15, 0.2) is 35.2 Å². The quantitative estimate of drug-likeness (QED) is 0.483. The van der Waals surface area contributed by atoms with Gasteiger partial charge in [0, 0.05) is 25.5 Å². The van der Waals surface area contributed by atoms with Crippen molar-refractivity contribution in [3.63, 3.8) is 0 Å². The lowest BCUT2D eigenvalue weighted by molar-refractivity contribution is -0.120. The van der Waals surface area contributed by atoms with Gasteiger partial charge in [-0.2, -0.15) is 0 Å². The standard InChI is InChI=1S/C17H20N8OS2/c1-2-27-17-23-22-16(28-17)19-15(26)12-4-3-8-24(10-12)13-5-6-14(21-20-13)25-9-7-18-11-25/h5-7,9,11-12H,2-4,8,10H2,1H3,(H,19,22,26). The molecule has 28 heavy (non-hydrogen) atoms. The Balaban J connectivity index is 1.38. The van der Waals surface area contributed by atoms with Crippen molar-refractivity contribution in [2.75, 3.05) is 29.1 Å². The summed E-state index contributed by atoms with van der Waals surface area (Å²) in [4.78, 5) is 18.8. The summed E-state index contributed by atoms with van der Waals surface area (Å²) < 4.78 is 2.67. The van der Waals surface area contributed by atoms with E-state index >= 15 is 0 Å². The number of imidazole rings is 1. The molecule has 0 bridgehead atoms. The molecule has 0 radical (unpaired) electrons. The van der Waals surface area contributed by atoms with E-state index in [1.165, 1.54) is 11.3 Å². The van der Waals surface area contributed by atoms with Gasteiger partial charge in [-0.25, -0.2) is 4.98 Å². The summed E-state index contributed by atoms with van der Waals surface area (Å²) in [5.41, 5.74) is 0. The summed E-state index contributed by atoms with van der Waals surface area (Å²) in [6, 6.07) is 3.84. The van der Waals surface area contributed by atoms with Crippen LogP contribution in [0, 0.1) is 5.92 Å². The number of nitrogens with zero attached hydrogens (tertiary/aromatic N) is 7. The van der Waals surface area contributed by atoms with Crippen LogP contribution in [0.4, 0.5) is 10.9 Å². The average molecular weight is 417 g/mol. The number of hydrogen-bond donors (Lipinski definition) is 1. The second-order valence-corrected chi connectivity index (χ2v) is 8.79. The highest BCUT2D eigenvalue weighted by Gasteiger charge is 2.27. The molecule has 1 aliphatic rings. The number of hydrogen-bond acceptors (Lipinski definition) is 9. The highest BCUT2D eigenvalue weighted by molar-refractivity contribution is 8.01. The summed E-state index contributed by atoms with van der Waals surface area (Å²) in [5, 5.41) is 20.2. The minimum Gasteiger partial charge on any atom is -0.354 e. The zero-order chi connectivity index (χ0) is 19.3. The van der Waals surface area contributed by atoms with E-state index in [9.17, 15) is 4.79 Å². The highest BCUT2D eigenvalue weighted by atomic mass is 32.2. The van der Waals surface area contributed by atoms with E-state index in [4.69, 9.17) is 0 Å². The molecule has 1 unspecified atom stereocenters. The van der Waals surface area contributed by atoms with Gasteiger partial charge in [0.1, 0.15) is 6.33 Å². The number of carbonyl (C=O) groups is 1. The van der Waals surface area contributed by atoms with E-state index in [-0.39, 0.29) is 11.8 Å². The van der Waals surface area contributed by atoms with Gasteiger partial charge in [0.2, 0.25) is 11.0 Å². The topological polar surface area (TPSA) is 102 Å². The molecule has 4 heterocycles. The molecule has 11 heteroatoms. The molecule has 9 nitrogen and oxygen atoms in total. The Hall–Kier alpha value is -2.53. The Morgan fingerprint density at radius 2 is 2.14 bits per heavy atom. The van der Waals surface area contributed by atoms with Crippen molar-refractivity contribution < 1.29 is 4.79 Å². The maximum atomic E-state index is 12.7. The zero-order valence-electron chi connectivity index (χ0n) is 15.4. The van der Waals surface area contributed by atoms with Crippen LogP contribution in [0.3, 0.4) is 0 Å². The van der Waals surface area contributed by atoms with Crippen LogP contribution in [0.25, 0.3) is 5.82 Å². The largest absolute Gasteiger partial charge is 0.354 e. The third kappa shape index (κ3) is 4.30. The lowest BCUT2D eigenvalue weighted by atomic mass is 9.97. The zero-order valence-corrected chi connectivity index (χ0v) is 17.0. The SMILES string of the molecule is CCSc1nnc(NC(=O)C2CCCN(c3ccc(-n4ccnc4)nn3)C2)s1. The van der Waals surface area contributed by atoms with Crippen molar-refractivity contribution >= 4 is 40.0 Å². The molecule has 1 saturated heterocycles. The molecule has 1 fully saturated rings. The predicted octanol–water partition coefficient (Wildman–Crippen LogP) is 2.48. The van der Waals surface area contributed by atoms with Crippen LogP contribution in [-0.4, -0.2) is 54.7 Å². The number of anilines is 2. The van der Waals surface area contributed by atoms with Gasteiger partial charge in [0.15, 0.2) is 16.0 Å². The Morgan fingerprint density at radius 1 is 1.29 bits per heavy atom. The third-order valence-electron chi connectivity index (χ3n) is 4.43. The van der Waals surface area contributed by atoms with Gasteiger partial charge in [-0.15, -0.1) is 20.4 Å². The lowest BCUT2D eigenvalue weighted by Gasteiger charge is -2.32. The smallest absolute Gasteiger partial charge is 0.231 e. The molecule has 0 aromatic carbocycles. The van der Waals surface area contributed by atoms with Crippen LogP contribution in [0.2, 0.25) is 0 Å². The van der Waals surface area contributed by atoms with Crippen LogP contribution in [0.5, 0.6) is 0 Å². The molecule has 0 spiro atoms. The molecular weight excluding hydrogens is 396 g/mol. The van der Waals surface area contributed by atoms with Gasteiger partial charge in [0.05, 0.1) is 5.92 Å². The van der Waals surface area contributed by atoms with E-state index in [1.807, 2.05) is 18.3 Å². The summed E-state index contributed by atoms with van der Waals surface area (Å²) in [7, 11) is 0. The molecule has 1 amide bonds. The van der Waals surface area contributed by atoms with Crippen LogP contribution in [-0.2, 0) is 4.79 Å². The Kier molecular flexibility index (Phi) is 5.81. The van der Waals surface area contributed by atoms with Crippen molar-refractivity contribution in [2.45, 2.75) is 24.1 Å². The fourth-order valence-corrected chi connectivity index (χ4v) is 4.72. The van der Waals surface area contributed by atoms with Crippen molar-refractivity contribution in [3.05, 3.63) is 30.9 Å². The third-order valence-corrected chi connectivity index (χ3v) is 6.28. The van der Waals surface area contributed by atoms with Crippen molar-refractivity contribution in [1.82, 2.24) is 29.9 Å². The number of piperidine rings is 1. The first-order valence-corrected chi connectivity index (χ1v) is 10.9. The first-order valence-electron chi connectivity index (χ1n) is 9.07. The van der Waals surface area contributed by atoms with Crippen molar-refractivity contribution in [3.8, 4) is 5.82 Å². The molecule has 146 valence electrons. The molecule has 1 aliphatic heterocycles. The second kappa shape index (κ2) is 8.65. The van der Waals surface area contributed by atoms with E-state index in [2.05, 4.69) is 42.5 Å². The molecular formula is C17H20N8OS2. The summed E-state index contributed by atoms with van der Waals surface area (Å²) in [6.45, 7) is 3.53. The first-order chi connectivity index (χ1) is 13.7. The van der Waals surface area contributed by atoms with E-state index < -0.39 is 0 Å². The minimum absolute atomic E-state index is 0.0168. The highest BCUT2D eigenvalue weighted by Crippen LogP contribution is 2.27. The molecule has 4 rings (SSSR count). The number of aromatic nitrogens is 6. The van der Waals surface area contributed by atoms with E-state index in [1.54, 1.807) is 28.9 Å². The summed E-state index contributed by atoms with van der Waals surface area (Å²) >= 11 is 3.03. The van der Waals surface area contributed by atoms with Gasteiger partial charge in [-0.05, 0) is 30.7 Å². The van der Waals surface area contributed by atoms with Gasteiger partial charge in [-0.3, -0.25) is 9.36 Å². The van der Waals surface area contributed by atoms with Crippen LogP contribution < -0.4 is 10.2 Å². The summed E-state index contributed by atoms with van der Waals surface area (Å²) in [5.74, 6) is 2.29. The molecule has 1 atom stereocenters. The Morgan fingerprint density at radius 3 is 2.89 bits per heavy atom. The predicted molar refractivity (Wildman–Crippen MR) is 109 cm³/mol. The number of rotatable bonds is 6. The van der Waals surface area contributed by atoms with Crippen molar-refractivity contribution in [2.24, 2.45) is 5.92 Å². The van der Waals surface area contributed by atoms with Gasteiger partial charge >= 0.3 is 0 Å². The molecule has 0 saturated carbocycles. The van der Waals surface area contributed by atoms with Crippen molar-refractivity contribution in [1.29, 1.82) is 0 Å². The molecule has 0 aliphatic carbocycles. The van der Waals surface area contributed by atoms with E-state index in [0.29, 0.717) is 17.5 Å². The van der Waals surface area contributed by atoms with Crippen LogP contribution in [0.1, 0.15) is 19.8 Å². The number of amides is 1. The first kappa shape index (κ1) is 18.8. The average Bonchev–Trinajstić information content (AvgIpc) is 3.41. The number of thioether (sulfide) groups is 1. The Labute approximate surface area is 170 Å². The molecule has 3 aromatic rings. The van der Waals surface area contributed by atoms with Gasteiger partial charge < -0.3 is 10.2 Å².